The maximum absolute atomic E-state index is 13.3. The molecule has 5 nitrogen and oxygen atoms in total. The van der Waals surface area contributed by atoms with Crippen LogP contribution in [0.25, 0.3) is 10.9 Å². The van der Waals surface area contributed by atoms with E-state index in [1.807, 2.05) is 66.7 Å². The van der Waals surface area contributed by atoms with Crippen LogP contribution in [0, 0.1) is 0 Å². The van der Waals surface area contributed by atoms with E-state index < -0.39 is 0 Å². The van der Waals surface area contributed by atoms with Gasteiger partial charge in [-0.15, -0.1) is 0 Å². The predicted molar refractivity (Wildman–Crippen MR) is 145 cm³/mol. The van der Waals surface area contributed by atoms with Crippen LogP contribution in [-0.4, -0.2) is 15.9 Å². The average Bonchev–Trinajstić information content (AvgIpc) is 2.89. The summed E-state index contributed by atoms with van der Waals surface area (Å²) < 4.78 is 8.26. The number of para-hydroxylation sites is 1. The summed E-state index contributed by atoms with van der Waals surface area (Å²) in [5, 5.41) is 5.90. The Morgan fingerprint density at radius 2 is 1.83 bits per heavy atom. The molecule has 5 rings (SSSR count). The van der Waals surface area contributed by atoms with Crippen LogP contribution in [0.5, 0.6) is 5.75 Å². The molecule has 1 aliphatic rings. The van der Waals surface area contributed by atoms with Gasteiger partial charge in [-0.25, -0.2) is 4.98 Å². The smallest absolute Gasteiger partial charge is 0.282 e. The van der Waals surface area contributed by atoms with Crippen LogP contribution in [0.3, 0.4) is 0 Å². The van der Waals surface area contributed by atoms with Crippen LogP contribution in [0.2, 0.25) is 5.02 Å². The lowest BCUT2D eigenvalue weighted by Gasteiger charge is -2.22. The average molecular weight is 551 g/mol. The Hall–Kier alpha value is -2.96. The van der Waals surface area contributed by atoms with Crippen molar-refractivity contribution in [3.63, 3.8) is 0 Å². The van der Waals surface area contributed by atoms with Crippen molar-refractivity contribution in [2.75, 3.05) is 0 Å². The highest BCUT2D eigenvalue weighted by Gasteiger charge is 2.22. The maximum Gasteiger partial charge on any atom is 0.282 e. The largest absolute Gasteiger partial charge is 0.488 e. The first-order valence-corrected chi connectivity index (χ1v) is 13.0. The quantitative estimate of drug-likeness (QED) is 0.236. The van der Waals surface area contributed by atoms with E-state index in [2.05, 4.69) is 21.0 Å². The van der Waals surface area contributed by atoms with Crippen molar-refractivity contribution in [1.29, 1.82) is 0 Å². The zero-order valence-electron chi connectivity index (χ0n) is 19.2. The van der Waals surface area contributed by atoms with Crippen LogP contribution in [0.4, 0.5) is 0 Å². The van der Waals surface area contributed by atoms with Gasteiger partial charge in [-0.2, -0.15) is 9.78 Å². The molecule has 1 fully saturated rings. The molecule has 0 amide bonds. The molecule has 3 aromatic carbocycles. The molecule has 0 unspecified atom stereocenters. The van der Waals surface area contributed by atoms with Gasteiger partial charge in [0.05, 0.1) is 21.6 Å². The summed E-state index contributed by atoms with van der Waals surface area (Å²) in [6, 6.07) is 20.8. The van der Waals surface area contributed by atoms with E-state index in [1.165, 1.54) is 11.1 Å². The Bertz CT molecular complexity index is 1430. The summed E-state index contributed by atoms with van der Waals surface area (Å²) in [4.78, 5) is 18.2. The summed E-state index contributed by atoms with van der Waals surface area (Å²) >= 11 is 9.55. The van der Waals surface area contributed by atoms with Gasteiger partial charge in [0.1, 0.15) is 18.2 Å². The molecule has 0 spiro atoms. The standard InChI is InChI=1S/C28H25BrClN3O2/c29-24-16-20(12-15-26(24)35-18-19-10-13-22(30)14-11-19)17-31-33-27(21-6-2-1-3-7-21)32-25-9-5-4-8-23(25)28(33)34/h4-5,8-17,21H,1-3,6-7,18H2. The molecule has 35 heavy (non-hydrogen) atoms. The van der Waals surface area contributed by atoms with E-state index in [0.717, 1.165) is 58.4 Å². The number of fused-ring (bicyclic) bond motifs is 1. The maximum atomic E-state index is 13.3. The van der Waals surface area contributed by atoms with E-state index in [4.69, 9.17) is 21.3 Å². The zero-order chi connectivity index (χ0) is 24.2. The SMILES string of the molecule is O=c1c2ccccc2nc(C2CCCCC2)n1N=Cc1ccc(OCc2ccc(Cl)cc2)c(Br)c1. The number of aromatic nitrogens is 2. The molecule has 1 saturated carbocycles. The topological polar surface area (TPSA) is 56.5 Å². The van der Waals surface area contributed by atoms with Gasteiger partial charge in [-0.3, -0.25) is 4.79 Å². The summed E-state index contributed by atoms with van der Waals surface area (Å²) in [5.41, 5.74) is 2.49. The molecule has 1 heterocycles. The molecule has 0 aliphatic heterocycles. The van der Waals surface area contributed by atoms with Crippen molar-refractivity contribution in [1.82, 2.24) is 9.66 Å². The highest BCUT2D eigenvalue weighted by Crippen LogP contribution is 2.32. The number of ether oxygens (including phenoxy) is 1. The molecule has 0 saturated heterocycles. The van der Waals surface area contributed by atoms with Crippen LogP contribution in [-0.2, 0) is 6.61 Å². The first-order valence-electron chi connectivity index (χ1n) is 11.8. The van der Waals surface area contributed by atoms with E-state index in [9.17, 15) is 4.79 Å². The third-order valence-corrected chi connectivity index (χ3v) is 7.21. The number of nitrogens with zero attached hydrogens (tertiary/aromatic N) is 3. The molecule has 1 aliphatic carbocycles. The summed E-state index contributed by atoms with van der Waals surface area (Å²) in [5.74, 6) is 1.73. The Morgan fingerprint density at radius 3 is 2.60 bits per heavy atom. The highest BCUT2D eigenvalue weighted by atomic mass is 79.9. The Labute approximate surface area is 217 Å². The summed E-state index contributed by atoms with van der Waals surface area (Å²) in [6.07, 6.45) is 7.32. The number of benzene rings is 3. The minimum Gasteiger partial charge on any atom is -0.488 e. The van der Waals surface area contributed by atoms with Crippen molar-refractivity contribution in [2.24, 2.45) is 5.10 Å². The van der Waals surface area contributed by atoms with Gasteiger partial charge in [0, 0.05) is 10.9 Å². The van der Waals surface area contributed by atoms with E-state index in [0.29, 0.717) is 17.0 Å². The molecule has 178 valence electrons. The fourth-order valence-electron chi connectivity index (χ4n) is 4.46. The van der Waals surface area contributed by atoms with Crippen molar-refractivity contribution < 1.29 is 4.74 Å². The minimum atomic E-state index is -0.130. The molecular weight excluding hydrogens is 526 g/mol. The highest BCUT2D eigenvalue weighted by molar-refractivity contribution is 9.10. The second-order valence-corrected chi connectivity index (χ2v) is 10.1. The first-order chi connectivity index (χ1) is 17.1. The molecule has 0 radical (unpaired) electrons. The fraction of sp³-hybridized carbons (Fsp3) is 0.250. The van der Waals surface area contributed by atoms with Crippen LogP contribution >= 0.6 is 27.5 Å². The summed E-state index contributed by atoms with van der Waals surface area (Å²) in [7, 11) is 0. The Balaban J connectivity index is 1.41. The number of rotatable bonds is 6. The molecule has 1 aromatic heterocycles. The van der Waals surface area contributed by atoms with E-state index >= 15 is 0 Å². The monoisotopic (exact) mass is 549 g/mol. The number of hydrogen-bond acceptors (Lipinski definition) is 4. The lowest BCUT2D eigenvalue weighted by Crippen LogP contribution is -2.25. The predicted octanol–water partition coefficient (Wildman–Crippen LogP) is 7.32. The van der Waals surface area contributed by atoms with E-state index in [1.54, 1.807) is 6.21 Å². The van der Waals surface area contributed by atoms with Crippen molar-refractivity contribution in [2.45, 2.75) is 44.6 Å². The van der Waals surface area contributed by atoms with Crippen molar-refractivity contribution in [3.8, 4) is 5.75 Å². The van der Waals surface area contributed by atoms with Gasteiger partial charge in [-0.1, -0.05) is 55.1 Å². The molecule has 7 heteroatoms. The fourth-order valence-corrected chi connectivity index (χ4v) is 5.10. The second kappa shape index (κ2) is 10.8. The minimum absolute atomic E-state index is 0.130. The first kappa shape index (κ1) is 23.8. The van der Waals surface area contributed by atoms with Gasteiger partial charge >= 0.3 is 0 Å². The number of hydrogen-bond donors (Lipinski definition) is 0. The molecule has 0 atom stereocenters. The summed E-state index contributed by atoms with van der Waals surface area (Å²) in [6.45, 7) is 0.437. The lowest BCUT2D eigenvalue weighted by atomic mass is 9.88. The van der Waals surface area contributed by atoms with Gasteiger partial charge in [0.15, 0.2) is 0 Å². The third kappa shape index (κ3) is 5.49. The van der Waals surface area contributed by atoms with Gasteiger partial charge in [0.25, 0.3) is 5.56 Å². The van der Waals surface area contributed by atoms with Crippen molar-refractivity contribution in [3.05, 3.63) is 104 Å². The second-order valence-electron chi connectivity index (χ2n) is 8.79. The van der Waals surface area contributed by atoms with Gasteiger partial charge in [0.2, 0.25) is 0 Å². The van der Waals surface area contributed by atoms with Crippen molar-refractivity contribution >= 4 is 44.6 Å². The van der Waals surface area contributed by atoms with E-state index in [-0.39, 0.29) is 11.5 Å². The Morgan fingerprint density at radius 1 is 1.06 bits per heavy atom. The lowest BCUT2D eigenvalue weighted by molar-refractivity contribution is 0.304. The zero-order valence-corrected chi connectivity index (χ0v) is 21.5. The van der Waals surface area contributed by atoms with Crippen LogP contribution < -0.4 is 10.3 Å². The molecule has 0 N–H and O–H groups in total. The van der Waals surface area contributed by atoms with Crippen LogP contribution in [0.15, 0.2) is 81.1 Å². The molecule has 0 bridgehead atoms. The number of halogens is 2. The normalized spacial score (nSPS) is 14.6. The molecular formula is C28H25BrClN3O2. The van der Waals surface area contributed by atoms with Gasteiger partial charge < -0.3 is 4.74 Å². The third-order valence-electron chi connectivity index (χ3n) is 6.33. The van der Waals surface area contributed by atoms with Crippen LogP contribution in [0.1, 0.15) is 55.0 Å². The molecule has 4 aromatic rings. The Kier molecular flexibility index (Phi) is 7.30. The van der Waals surface area contributed by atoms with Gasteiger partial charge in [-0.05, 0) is 82.4 Å².